The Labute approximate surface area is 233 Å². The molecule has 0 spiro atoms. The molecule has 0 fully saturated rings. The molecular weight excluding hydrogens is 502 g/mol. The highest BCUT2D eigenvalue weighted by Crippen LogP contribution is 2.18. The Morgan fingerprint density at radius 2 is 1.12 bits per heavy atom. The van der Waals surface area contributed by atoms with Gasteiger partial charge < -0.3 is 20.1 Å². The van der Waals surface area contributed by atoms with Crippen molar-refractivity contribution in [2.45, 2.75) is 33.2 Å². The van der Waals surface area contributed by atoms with Crippen molar-refractivity contribution >= 4 is 17.8 Å². The van der Waals surface area contributed by atoms with Gasteiger partial charge in [0.05, 0.1) is 0 Å². The zero-order chi connectivity index (χ0) is 27.6. The number of anilines is 2. The van der Waals surface area contributed by atoms with E-state index in [0.717, 1.165) is 33.8 Å². The van der Waals surface area contributed by atoms with Crippen molar-refractivity contribution < 1.29 is 14.3 Å². The molecule has 8 nitrogen and oxygen atoms in total. The molecule has 0 saturated carbocycles. The van der Waals surface area contributed by atoms with Crippen molar-refractivity contribution in [1.29, 1.82) is 0 Å². The maximum Gasteiger partial charge on any atom is 0.247 e. The zero-order valence-electron chi connectivity index (χ0n) is 22.3. The summed E-state index contributed by atoms with van der Waals surface area (Å²) in [5.41, 5.74) is 4.30. The topological polar surface area (TPSA) is 90.3 Å². The zero-order valence-corrected chi connectivity index (χ0v) is 22.3. The molecule has 0 aliphatic carbocycles. The van der Waals surface area contributed by atoms with E-state index in [9.17, 15) is 4.79 Å². The number of hydrogen-bond donors (Lipinski definition) is 2. The second kappa shape index (κ2) is 13.1. The first-order valence-electron chi connectivity index (χ1n) is 13.1. The molecule has 4 aromatic carbocycles. The Morgan fingerprint density at radius 1 is 0.650 bits per heavy atom. The lowest BCUT2D eigenvalue weighted by Gasteiger charge is -2.08. The highest BCUT2D eigenvalue weighted by molar-refractivity contribution is 5.78. The van der Waals surface area contributed by atoms with E-state index in [1.807, 2.05) is 109 Å². The van der Waals surface area contributed by atoms with Crippen molar-refractivity contribution in [1.82, 2.24) is 14.8 Å². The Bertz CT molecular complexity index is 1500. The Balaban J connectivity index is 1.12. The van der Waals surface area contributed by atoms with Crippen LogP contribution in [0.1, 0.15) is 34.0 Å². The number of carbonyl (C=O) groups excluding carboxylic acids is 1. The molecule has 5 rings (SSSR count). The quantitative estimate of drug-likeness (QED) is 0.194. The number of rotatable bonds is 12. The number of hydrogen-bond acceptors (Lipinski definition) is 7. The smallest absolute Gasteiger partial charge is 0.247 e. The van der Waals surface area contributed by atoms with Crippen LogP contribution < -0.4 is 20.1 Å². The number of carbonyl (C=O) groups is 1. The van der Waals surface area contributed by atoms with E-state index in [-0.39, 0.29) is 5.91 Å². The maximum absolute atomic E-state index is 12.2. The minimum atomic E-state index is -0.229. The Hall–Kier alpha value is -5.11. The van der Waals surface area contributed by atoms with Crippen LogP contribution in [0.5, 0.6) is 11.5 Å². The molecule has 8 heteroatoms. The summed E-state index contributed by atoms with van der Waals surface area (Å²) >= 11 is 0. The number of nitrogens with zero attached hydrogens (tertiary/aromatic N) is 3. The average molecular weight is 534 g/mol. The molecule has 1 heterocycles. The van der Waals surface area contributed by atoms with Gasteiger partial charge in [-0.25, -0.2) is 0 Å². The molecule has 0 amide bonds. The largest absolute Gasteiger partial charge is 0.489 e. The summed E-state index contributed by atoms with van der Waals surface area (Å²) < 4.78 is 13.0. The van der Waals surface area contributed by atoms with Crippen LogP contribution in [0.25, 0.3) is 0 Å². The standard InChI is InChI=1S/C32H31N5O3/c1-24(38)37-32(34-21-26-14-18-30(19-15-26)40-23-28-10-6-3-7-11-28)35-31(36-37)33-20-25-12-16-29(17-13-25)39-22-27-8-4-2-5-9-27/h2-19H,20-23H2,1H3,(H2,33,34,35,36). The molecule has 0 radical (unpaired) electrons. The van der Waals surface area contributed by atoms with Crippen LogP contribution >= 0.6 is 0 Å². The van der Waals surface area contributed by atoms with Crippen LogP contribution in [0.3, 0.4) is 0 Å². The van der Waals surface area contributed by atoms with Crippen molar-refractivity contribution in [2.75, 3.05) is 10.6 Å². The van der Waals surface area contributed by atoms with Gasteiger partial charge in [-0.05, 0) is 46.5 Å². The van der Waals surface area contributed by atoms with Crippen LogP contribution in [-0.4, -0.2) is 20.7 Å². The second-order valence-corrected chi connectivity index (χ2v) is 9.23. The van der Waals surface area contributed by atoms with E-state index < -0.39 is 0 Å². The number of aromatic nitrogens is 3. The third kappa shape index (κ3) is 7.48. The van der Waals surface area contributed by atoms with E-state index >= 15 is 0 Å². The summed E-state index contributed by atoms with van der Waals surface area (Å²) in [4.78, 5) is 16.6. The van der Waals surface area contributed by atoms with Gasteiger partial charge in [0.25, 0.3) is 0 Å². The minimum absolute atomic E-state index is 0.229. The van der Waals surface area contributed by atoms with Gasteiger partial charge in [0.15, 0.2) is 0 Å². The average Bonchev–Trinajstić information content (AvgIpc) is 3.42. The summed E-state index contributed by atoms with van der Waals surface area (Å²) in [5, 5.41) is 10.7. The normalized spacial score (nSPS) is 10.6. The third-order valence-electron chi connectivity index (χ3n) is 6.15. The van der Waals surface area contributed by atoms with E-state index in [0.29, 0.717) is 38.2 Å². The lowest BCUT2D eigenvalue weighted by molar-refractivity contribution is 0.0924. The molecular formula is C32H31N5O3. The molecule has 1 aromatic heterocycles. The van der Waals surface area contributed by atoms with Gasteiger partial charge in [-0.2, -0.15) is 9.67 Å². The summed E-state index contributed by atoms with van der Waals surface area (Å²) in [6, 6.07) is 35.8. The molecule has 5 aromatic rings. The highest BCUT2D eigenvalue weighted by Gasteiger charge is 2.13. The van der Waals surface area contributed by atoms with Gasteiger partial charge in [-0.3, -0.25) is 4.79 Å². The predicted molar refractivity (Wildman–Crippen MR) is 155 cm³/mol. The maximum atomic E-state index is 12.2. The second-order valence-electron chi connectivity index (χ2n) is 9.23. The molecule has 0 saturated heterocycles. The summed E-state index contributed by atoms with van der Waals surface area (Å²) in [6.45, 7) is 3.48. The van der Waals surface area contributed by atoms with E-state index in [1.54, 1.807) is 0 Å². The molecule has 0 aliphatic rings. The van der Waals surface area contributed by atoms with Crippen LogP contribution in [0.2, 0.25) is 0 Å². The van der Waals surface area contributed by atoms with Crippen molar-refractivity contribution in [2.24, 2.45) is 0 Å². The van der Waals surface area contributed by atoms with Crippen LogP contribution in [0.4, 0.5) is 11.9 Å². The van der Waals surface area contributed by atoms with E-state index in [2.05, 4.69) is 20.7 Å². The van der Waals surface area contributed by atoms with Crippen molar-refractivity contribution in [3.8, 4) is 11.5 Å². The Kier molecular flexibility index (Phi) is 8.68. The van der Waals surface area contributed by atoms with Crippen molar-refractivity contribution in [3.05, 3.63) is 131 Å². The first-order chi connectivity index (χ1) is 19.6. The molecule has 2 N–H and O–H groups in total. The highest BCUT2D eigenvalue weighted by atomic mass is 16.5. The lowest BCUT2D eigenvalue weighted by Crippen LogP contribution is -2.13. The minimum Gasteiger partial charge on any atom is -0.489 e. The monoisotopic (exact) mass is 533 g/mol. The van der Waals surface area contributed by atoms with Gasteiger partial charge in [0, 0.05) is 20.0 Å². The number of nitrogens with one attached hydrogen (secondary N) is 2. The molecule has 0 atom stereocenters. The SMILES string of the molecule is CC(=O)n1nc(NCc2ccc(OCc3ccccc3)cc2)nc1NCc1ccc(OCc2ccccc2)cc1. The van der Waals surface area contributed by atoms with E-state index in [1.165, 1.54) is 11.6 Å². The Morgan fingerprint density at radius 3 is 1.60 bits per heavy atom. The fourth-order valence-electron chi connectivity index (χ4n) is 3.97. The van der Waals surface area contributed by atoms with Gasteiger partial charge in [0.1, 0.15) is 24.7 Å². The predicted octanol–water partition coefficient (Wildman–Crippen LogP) is 6.32. The van der Waals surface area contributed by atoms with Gasteiger partial charge in [-0.15, -0.1) is 5.10 Å². The first kappa shape index (κ1) is 26.5. The van der Waals surface area contributed by atoms with Crippen molar-refractivity contribution in [3.63, 3.8) is 0 Å². The van der Waals surface area contributed by atoms with Crippen LogP contribution in [0, 0.1) is 0 Å². The van der Waals surface area contributed by atoms with Gasteiger partial charge in [-0.1, -0.05) is 84.9 Å². The fraction of sp³-hybridized carbons (Fsp3) is 0.156. The number of ether oxygens (including phenoxy) is 2. The molecule has 0 aliphatic heterocycles. The molecule has 202 valence electrons. The van der Waals surface area contributed by atoms with Crippen LogP contribution in [-0.2, 0) is 26.3 Å². The van der Waals surface area contributed by atoms with Crippen LogP contribution in [0.15, 0.2) is 109 Å². The third-order valence-corrected chi connectivity index (χ3v) is 6.15. The summed E-state index contributed by atoms with van der Waals surface area (Å²) in [7, 11) is 0. The first-order valence-corrected chi connectivity index (χ1v) is 13.1. The summed E-state index contributed by atoms with van der Waals surface area (Å²) in [5.74, 6) is 2.11. The van der Waals surface area contributed by atoms with Gasteiger partial charge in [0.2, 0.25) is 17.8 Å². The molecule has 0 unspecified atom stereocenters. The molecule has 0 bridgehead atoms. The van der Waals surface area contributed by atoms with E-state index in [4.69, 9.17) is 9.47 Å². The lowest BCUT2D eigenvalue weighted by atomic mass is 10.2. The van der Waals surface area contributed by atoms with Gasteiger partial charge >= 0.3 is 0 Å². The summed E-state index contributed by atoms with van der Waals surface area (Å²) in [6.07, 6.45) is 0. The fourth-order valence-corrected chi connectivity index (χ4v) is 3.97. The molecule has 40 heavy (non-hydrogen) atoms. The number of benzene rings is 4.